The zero-order valence-corrected chi connectivity index (χ0v) is 14.0. The second kappa shape index (κ2) is 7.43. The number of hydrogen-bond donors (Lipinski definition) is 0. The van der Waals surface area contributed by atoms with E-state index < -0.39 is 0 Å². The molecule has 0 aromatic heterocycles. The first-order chi connectivity index (χ1) is 11.1. The Kier molecular flexibility index (Phi) is 5.31. The molecule has 2 aliphatic rings. The van der Waals surface area contributed by atoms with Crippen LogP contribution in [0.5, 0.6) is 0 Å². The van der Waals surface area contributed by atoms with E-state index in [0.29, 0.717) is 11.8 Å². The van der Waals surface area contributed by atoms with Crippen LogP contribution < -0.4 is 0 Å². The van der Waals surface area contributed by atoms with Crippen molar-refractivity contribution in [2.75, 3.05) is 26.2 Å². The summed E-state index contributed by atoms with van der Waals surface area (Å²) < 4.78 is 13.3. The van der Waals surface area contributed by atoms with E-state index in [2.05, 4.69) is 16.7 Å². The van der Waals surface area contributed by atoms with Gasteiger partial charge in [-0.15, -0.1) is 0 Å². The Morgan fingerprint density at radius 2 is 2.00 bits per heavy atom. The Labute approximate surface area is 138 Å². The first kappa shape index (κ1) is 16.4. The lowest BCUT2D eigenvalue weighted by Crippen LogP contribution is -2.45. The van der Waals surface area contributed by atoms with Crippen molar-refractivity contribution in [2.24, 2.45) is 11.8 Å². The van der Waals surface area contributed by atoms with E-state index in [1.807, 2.05) is 6.07 Å². The Bertz CT molecular complexity index is 540. The van der Waals surface area contributed by atoms with Gasteiger partial charge in [0.05, 0.1) is 0 Å². The van der Waals surface area contributed by atoms with Gasteiger partial charge in [0.1, 0.15) is 5.82 Å². The van der Waals surface area contributed by atoms with Crippen LogP contribution >= 0.6 is 0 Å². The summed E-state index contributed by atoms with van der Waals surface area (Å²) in [6, 6.07) is 6.81. The summed E-state index contributed by atoms with van der Waals surface area (Å²) >= 11 is 0. The van der Waals surface area contributed by atoms with E-state index >= 15 is 0 Å². The van der Waals surface area contributed by atoms with Gasteiger partial charge in [0.25, 0.3) is 0 Å². The van der Waals surface area contributed by atoms with Crippen LogP contribution in [0.4, 0.5) is 4.39 Å². The average molecular weight is 318 g/mol. The van der Waals surface area contributed by atoms with Crippen LogP contribution in [-0.4, -0.2) is 41.9 Å². The largest absolute Gasteiger partial charge is 0.342 e. The second-order valence-electron chi connectivity index (χ2n) is 7.21. The number of carbonyl (C=O) groups excluding carboxylic acids is 1. The van der Waals surface area contributed by atoms with Gasteiger partial charge in [0, 0.05) is 25.6 Å². The zero-order valence-electron chi connectivity index (χ0n) is 14.0. The predicted molar refractivity (Wildman–Crippen MR) is 89.4 cm³/mol. The molecule has 2 aliphatic heterocycles. The number of benzene rings is 1. The molecule has 2 heterocycles. The number of hydrogen-bond acceptors (Lipinski definition) is 2. The van der Waals surface area contributed by atoms with Crippen LogP contribution in [-0.2, 0) is 11.3 Å². The Morgan fingerprint density at radius 3 is 2.70 bits per heavy atom. The third-order valence-electron chi connectivity index (χ3n) is 5.20. The molecule has 1 atom stereocenters. The Balaban J connectivity index is 1.49. The van der Waals surface area contributed by atoms with Gasteiger partial charge in [-0.25, -0.2) is 4.39 Å². The van der Waals surface area contributed by atoms with Gasteiger partial charge < -0.3 is 4.90 Å². The number of rotatable bonds is 3. The summed E-state index contributed by atoms with van der Waals surface area (Å²) in [6.45, 7) is 6.74. The summed E-state index contributed by atoms with van der Waals surface area (Å²) in [4.78, 5) is 17.1. The van der Waals surface area contributed by atoms with Gasteiger partial charge in [0.15, 0.2) is 0 Å². The number of amides is 1. The number of nitrogens with zero attached hydrogens (tertiary/aromatic N) is 2. The van der Waals surface area contributed by atoms with Crippen molar-refractivity contribution in [1.29, 1.82) is 0 Å². The summed E-state index contributed by atoms with van der Waals surface area (Å²) in [5, 5.41) is 0. The lowest BCUT2D eigenvalue weighted by Gasteiger charge is -2.37. The molecule has 0 aliphatic carbocycles. The predicted octanol–water partition coefficient (Wildman–Crippen LogP) is 3.30. The maximum absolute atomic E-state index is 13.3. The number of carbonyl (C=O) groups is 1. The first-order valence-electron chi connectivity index (χ1n) is 8.87. The van der Waals surface area contributed by atoms with Gasteiger partial charge in [-0.1, -0.05) is 19.1 Å². The molecule has 1 aromatic carbocycles. The van der Waals surface area contributed by atoms with E-state index in [1.165, 1.54) is 12.5 Å². The minimum absolute atomic E-state index is 0.174. The minimum atomic E-state index is -0.174. The maximum Gasteiger partial charge on any atom is 0.225 e. The molecule has 1 aromatic rings. The van der Waals surface area contributed by atoms with Gasteiger partial charge in [-0.2, -0.15) is 0 Å². The van der Waals surface area contributed by atoms with Gasteiger partial charge in [-0.3, -0.25) is 9.69 Å². The van der Waals surface area contributed by atoms with E-state index in [1.54, 1.807) is 12.1 Å². The highest BCUT2D eigenvalue weighted by Crippen LogP contribution is 2.24. The molecular weight excluding hydrogens is 291 g/mol. The Morgan fingerprint density at radius 1 is 1.22 bits per heavy atom. The fraction of sp³-hybridized carbons (Fsp3) is 0.632. The van der Waals surface area contributed by atoms with Crippen molar-refractivity contribution >= 4 is 5.91 Å². The van der Waals surface area contributed by atoms with E-state index in [9.17, 15) is 9.18 Å². The van der Waals surface area contributed by atoms with Crippen molar-refractivity contribution in [3.8, 4) is 0 Å². The molecule has 4 heteroatoms. The third-order valence-corrected chi connectivity index (χ3v) is 5.20. The van der Waals surface area contributed by atoms with Crippen molar-refractivity contribution in [3.63, 3.8) is 0 Å². The molecule has 0 N–H and O–H groups in total. The molecule has 3 nitrogen and oxygen atoms in total. The van der Waals surface area contributed by atoms with Crippen LogP contribution in [0.3, 0.4) is 0 Å². The standard InChI is InChI=1S/C19H27FN2O/c1-15-4-3-9-22(13-15)19(23)17-7-10-21(11-8-17)14-16-5-2-6-18(20)12-16/h2,5-6,12,15,17H,3-4,7-11,13-14H2,1H3/t15-/m1/s1. The molecule has 0 spiro atoms. The zero-order chi connectivity index (χ0) is 16.2. The molecule has 0 bridgehead atoms. The van der Waals surface area contributed by atoms with E-state index in [-0.39, 0.29) is 11.7 Å². The monoisotopic (exact) mass is 318 g/mol. The van der Waals surface area contributed by atoms with Gasteiger partial charge >= 0.3 is 0 Å². The summed E-state index contributed by atoms with van der Waals surface area (Å²) in [6.07, 6.45) is 4.25. The molecule has 23 heavy (non-hydrogen) atoms. The molecule has 0 saturated carbocycles. The summed E-state index contributed by atoms with van der Waals surface area (Å²) in [7, 11) is 0. The molecule has 2 saturated heterocycles. The fourth-order valence-electron chi connectivity index (χ4n) is 3.88. The SMILES string of the molecule is C[C@@H]1CCCN(C(=O)C2CCN(Cc3cccc(F)c3)CC2)C1. The van der Waals surface area contributed by atoms with E-state index in [0.717, 1.165) is 57.5 Å². The van der Waals surface area contributed by atoms with Crippen LogP contribution in [0.2, 0.25) is 0 Å². The van der Waals surface area contributed by atoms with Crippen LogP contribution in [0, 0.1) is 17.7 Å². The van der Waals surface area contributed by atoms with Crippen LogP contribution in [0.1, 0.15) is 38.2 Å². The quantitative estimate of drug-likeness (QED) is 0.854. The van der Waals surface area contributed by atoms with E-state index in [4.69, 9.17) is 0 Å². The van der Waals surface area contributed by atoms with Crippen molar-refractivity contribution in [3.05, 3.63) is 35.6 Å². The topological polar surface area (TPSA) is 23.6 Å². The molecule has 1 amide bonds. The van der Waals surface area contributed by atoms with Crippen LogP contribution in [0.25, 0.3) is 0 Å². The first-order valence-corrected chi connectivity index (χ1v) is 8.87. The number of halogens is 1. The fourth-order valence-corrected chi connectivity index (χ4v) is 3.88. The smallest absolute Gasteiger partial charge is 0.225 e. The van der Waals surface area contributed by atoms with Crippen molar-refractivity contribution in [1.82, 2.24) is 9.80 Å². The highest BCUT2D eigenvalue weighted by Gasteiger charge is 2.30. The van der Waals surface area contributed by atoms with Crippen molar-refractivity contribution < 1.29 is 9.18 Å². The lowest BCUT2D eigenvalue weighted by molar-refractivity contribution is -0.138. The number of likely N-dealkylation sites (tertiary alicyclic amines) is 2. The Hall–Kier alpha value is -1.42. The van der Waals surface area contributed by atoms with Crippen molar-refractivity contribution in [2.45, 2.75) is 39.2 Å². The molecule has 3 rings (SSSR count). The summed E-state index contributed by atoms with van der Waals surface area (Å²) in [5.41, 5.74) is 1.01. The van der Waals surface area contributed by atoms with Crippen LogP contribution in [0.15, 0.2) is 24.3 Å². The second-order valence-corrected chi connectivity index (χ2v) is 7.21. The molecule has 2 fully saturated rings. The highest BCUT2D eigenvalue weighted by molar-refractivity contribution is 5.79. The lowest BCUT2D eigenvalue weighted by atomic mass is 9.92. The number of piperidine rings is 2. The summed E-state index contributed by atoms with van der Waals surface area (Å²) in [5.74, 6) is 1.01. The highest BCUT2D eigenvalue weighted by atomic mass is 19.1. The molecular formula is C19H27FN2O. The molecule has 0 radical (unpaired) electrons. The van der Waals surface area contributed by atoms with Gasteiger partial charge in [-0.05, 0) is 62.4 Å². The maximum atomic E-state index is 13.3. The van der Waals surface area contributed by atoms with Gasteiger partial charge in [0.2, 0.25) is 5.91 Å². The average Bonchev–Trinajstić information content (AvgIpc) is 2.55. The molecule has 126 valence electrons. The third kappa shape index (κ3) is 4.31. The minimum Gasteiger partial charge on any atom is -0.342 e. The normalized spacial score (nSPS) is 23.9. The molecule has 0 unspecified atom stereocenters.